The molecule has 0 saturated carbocycles. The molecule has 3 N–H and O–H groups in total. The van der Waals surface area contributed by atoms with Crippen LogP contribution in [-0.2, 0) is 0 Å². The molecular weight excluding hydrogens is 260 g/mol. The third kappa shape index (κ3) is 2.01. The highest BCUT2D eigenvalue weighted by molar-refractivity contribution is 9.10. The first-order chi connectivity index (χ1) is 7.22. The van der Waals surface area contributed by atoms with Gasteiger partial charge in [-0.05, 0) is 28.9 Å². The zero-order valence-corrected chi connectivity index (χ0v) is 9.55. The van der Waals surface area contributed by atoms with Crippen LogP contribution in [0.15, 0.2) is 23.2 Å². The number of hydrogen-bond acceptors (Lipinski definition) is 4. The van der Waals surface area contributed by atoms with Gasteiger partial charge in [0.25, 0.3) is 0 Å². The molecule has 0 fully saturated rings. The van der Waals surface area contributed by atoms with Crippen molar-refractivity contribution < 1.29 is 5.11 Å². The molecule has 80 valence electrons. The maximum Gasteiger partial charge on any atom is 0.155 e. The predicted octanol–water partition coefficient (Wildman–Crippen LogP) is 0.874. The van der Waals surface area contributed by atoms with E-state index < -0.39 is 6.10 Å². The molecule has 2 aromatic rings. The molecule has 15 heavy (non-hydrogen) atoms. The van der Waals surface area contributed by atoms with E-state index in [0.717, 1.165) is 5.69 Å². The molecular formula is C9H11BrN4O. The van der Waals surface area contributed by atoms with Crippen LogP contribution in [0.5, 0.6) is 0 Å². The Morgan fingerprint density at radius 3 is 3.00 bits per heavy atom. The number of halogens is 1. The van der Waals surface area contributed by atoms with Gasteiger partial charge < -0.3 is 10.8 Å². The van der Waals surface area contributed by atoms with Crippen LogP contribution in [-0.4, -0.2) is 26.0 Å². The number of rotatable bonds is 3. The molecule has 1 atom stereocenters. The summed E-state index contributed by atoms with van der Waals surface area (Å²) in [6, 6.07) is 0. The highest BCUT2D eigenvalue weighted by Crippen LogP contribution is 2.18. The molecule has 2 aromatic heterocycles. The third-order valence-electron chi connectivity index (χ3n) is 2.17. The fourth-order valence-electron chi connectivity index (χ4n) is 1.44. The molecule has 2 rings (SSSR count). The van der Waals surface area contributed by atoms with Crippen LogP contribution in [0.25, 0.3) is 5.65 Å². The molecule has 0 amide bonds. The number of aliphatic hydroxyl groups is 1. The molecule has 1 unspecified atom stereocenters. The van der Waals surface area contributed by atoms with Crippen LogP contribution in [0.2, 0.25) is 0 Å². The predicted molar refractivity (Wildman–Crippen MR) is 59.3 cm³/mol. The van der Waals surface area contributed by atoms with E-state index in [9.17, 15) is 5.11 Å². The number of aliphatic hydroxyl groups excluding tert-OH is 1. The van der Waals surface area contributed by atoms with Crippen molar-refractivity contribution in [2.24, 2.45) is 5.73 Å². The summed E-state index contributed by atoms with van der Waals surface area (Å²) in [6.45, 7) is 0.445. The van der Waals surface area contributed by atoms with Gasteiger partial charge >= 0.3 is 0 Å². The molecule has 0 aliphatic rings. The molecule has 0 aliphatic carbocycles. The van der Waals surface area contributed by atoms with E-state index in [-0.39, 0.29) is 0 Å². The van der Waals surface area contributed by atoms with Crippen molar-refractivity contribution in [3.05, 3.63) is 28.9 Å². The van der Waals surface area contributed by atoms with Crippen molar-refractivity contribution in [2.45, 2.75) is 12.5 Å². The molecule has 6 heteroatoms. The third-order valence-corrected chi connectivity index (χ3v) is 2.58. The second-order valence-electron chi connectivity index (χ2n) is 3.21. The average molecular weight is 271 g/mol. The summed E-state index contributed by atoms with van der Waals surface area (Å²) in [7, 11) is 0. The fraction of sp³-hybridized carbons (Fsp3) is 0.333. The van der Waals surface area contributed by atoms with E-state index in [4.69, 9.17) is 5.73 Å². The number of fused-ring (bicyclic) bond motifs is 1. The summed E-state index contributed by atoms with van der Waals surface area (Å²) >= 11 is 3.27. The first-order valence-corrected chi connectivity index (χ1v) is 5.38. The van der Waals surface area contributed by atoms with Crippen LogP contribution >= 0.6 is 15.9 Å². The lowest BCUT2D eigenvalue weighted by Gasteiger charge is -2.08. The molecule has 2 heterocycles. The maximum atomic E-state index is 9.82. The first kappa shape index (κ1) is 10.5. The lowest BCUT2D eigenvalue weighted by atomic mass is 10.2. The van der Waals surface area contributed by atoms with Crippen molar-refractivity contribution in [1.29, 1.82) is 0 Å². The van der Waals surface area contributed by atoms with Crippen molar-refractivity contribution in [3.8, 4) is 0 Å². The average Bonchev–Trinajstić information content (AvgIpc) is 2.60. The lowest BCUT2D eigenvalue weighted by Crippen LogP contribution is -2.08. The van der Waals surface area contributed by atoms with E-state index >= 15 is 0 Å². The Hall–Kier alpha value is -0.980. The minimum absolute atomic E-state index is 0.445. The molecule has 0 aliphatic heterocycles. The normalized spacial score (nSPS) is 13.3. The van der Waals surface area contributed by atoms with E-state index in [1.54, 1.807) is 23.0 Å². The molecule has 5 nitrogen and oxygen atoms in total. The molecule has 0 spiro atoms. The Bertz CT molecular complexity index is 470. The van der Waals surface area contributed by atoms with Gasteiger partial charge in [0, 0.05) is 6.20 Å². The number of hydrogen-bond donors (Lipinski definition) is 2. The largest absolute Gasteiger partial charge is 0.387 e. The maximum absolute atomic E-state index is 9.82. The quantitative estimate of drug-likeness (QED) is 0.868. The summed E-state index contributed by atoms with van der Waals surface area (Å²) < 4.78 is 2.51. The Morgan fingerprint density at radius 2 is 2.27 bits per heavy atom. The lowest BCUT2D eigenvalue weighted by molar-refractivity contribution is 0.164. The Kier molecular flexibility index (Phi) is 2.99. The van der Waals surface area contributed by atoms with E-state index in [0.29, 0.717) is 23.2 Å². The van der Waals surface area contributed by atoms with Crippen molar-refractivity contribution in [3.63, 3.8) is 0 Å². The highest BCUT2D eigenvalue weighted by atomic mass is 79.9. The van der Waals surface area contributed by atoms with Gasteiger partial charge in [0.15, 0.2) is 5.65 Å². The number of nitrogens with zero attached hydrogens (tertiary/aromatic N) is 3. The van der Waals surface area contributed by atoms with Gasteiger partial charge in [-0.1, -0.05) is 0 Å². The first-order valence-electron chi connectivity index (χ1n) is 4.59. The Labute approximate surface area is 95.1 Å². The second kappa shape index (κ2) is 4.26. The van der Waals surface area contributed by atoms with Gasteiger partial charge in [-0.2, -0.15) is 0 Å². The number of aromatic nitrogens is 3. The van der Waals surface area contributed by atoms with Gasteiger partial charge in [-0.15, -0.1) is 0 Å². The topological polar surface area (TPSA) is 76.4 Å². The van der Waals surface area contributed by atoms with E-state index in [1.807, 2.05) is 0 Å². The van der Waals surface area contributed by atoms with Crippen LogP contribution < -0.4 is 5.73 Å². The minimum Gasteiger partial charge on any atom is -0.387 e. The Balaban J connectivity index is 2.47. The van der Waals surface area contributed by atoms with Crippen LogP contribution in [0.4, 0.5) is 0 Å². The van der Waals surface area contributed by atoms with Crippen LogP contribution in [0, 0.1) is 0 Å². The summed E-state index contributed by atoms with van der Waals surface area (Å²) in [5.41, 5.74) is 6.85. The van der Waals surface area contributed by atoms with Gasteiger partial charge in [-0.25, -0.2) is 9.97 Å². The zero-order valence-electron chi connectivity index (χ0n) is 7.97. The summed E-state index contributed by atoms with van der Waals surface area (Å²) in [5.74, 6) is 0. The minimum atomic E-state index is -0.584. The van der Waals surface area contributed by atoms with Crippen molar-refractivity contribution >= 4 is 21.6 Å². The highest BCUT2D eigenvalue weighted by Gasteiger charge is 2.12. The molecule has 0 saturated heterocycles. The van der Waals surface area contributed by atoms with E-state index in [2.05, 4.69) is 25.9 Å². The molecule has 0 bridgehead atoms. The Morgan fingerprint density at radius 1 is 1.47 bits per heavy atom. The van der Waals surface area contributed by atoms with Gasteiger partial charge in [0.2, 0.25) is 0 Å². The van der Waals surface area contributed by atoms with Crippen LogP contribution in [0.1, 0.15) is 18.2 Å². The van der Waals surface area contributed by atoms with Gasteiger partial charge in [0.1, 0.15) is 4.60 Å². The number of nitrogens with two attached hydrogens (primary N) is 1. The zero-order chi connectivity index (χ0) is 10.8. The van der Waals surface area contributed by atoms with Crippen LogP contribution in [0.3, 0.4) is 0 Å². The molecule has 0 aromatic carbocycles. The smallest absolute Gasteiger partial charge is 0.155 e. The fourth-order valence-corrected chi connectivity index (χ4v) is 1.74. The van der Waals surface area contributed by atoms with E-state index in [1.165, 1.54) is 0 Å². The molecule has 0 radical (unpaired) electrons. The van der Waals surface area contributed by atoms with Crippen molar-refractivity contribution in [2.75, 3.05) is 6.54 Å². The van der Waals surface area contributed by atoms with Gasteiger partial charge in [0.05, 0.1) is 24.2 Å². The SMILES string of the molecule is NCCC(O)c1cnc2cnc(Br)cn12. The van der Waals surface area contributed by atoms with Crippen molar-refractivity contribution in [1.82, 2.24) is 14.4 Å². The second-order valence-corrected chi connectivity index (χ2v) is 4.03. The number of imidazole rings is 1. The summed E-state index contributed by atoms with van der Waals surface area (Å²) in [4.78, 5) is 8.19. The van der Waals surface area contributed by atoms with Gasteiger partial charge in [-0.3, -0.25) is 4.40 Å². The summed E-state index contributed by atoms with van der Waals surface area (Å²) in [5, 5.41) is 9.82. The standard InChI is InChI=1S/C9H11BrN4O/c10-8-5-14-6(7(15)1-2-11)3-13-9(14)4-12-8/h3-5,7,15H,1-2,11H2. The monoisotopic (exact) mass is 270 g/mol. The summed E-state index contributed by atoms with van der Waals surface area (Å²) in [6.07, 6.45) is 5.00.